The van der Waals surface area contributed by atoms with Crippen molar-refractivity contribution in [2.24, 2.45) is 0 Å². The topological polar surface area (TPSA) is 37.3 Å². The molecule has 0 aliphatic carbocycles. The molecule has 0 saturated heterocycles. The van der Waals surface area contributed by atoms with Gasteiger partial charge in [-0.2, -0.15) is 0 Å². The van der Waals surface area contributed by atoms with Crippen LogP contribution in [0, 0.1) is 0 Å². The summed E-state index contributed by atoms with van der Waals surface area (Å²) >= 11 is 0. The molecule has 0 radical (unpaired) electrons. The molecule has 4 heteroatoms. The summed E-state index contributed by atoms with van der Waals surface area (Å²) in [6, 6.07) is 0. The van der Waals surface area contributed by atoms with Gasteiger partial charge in [0.2, 0.25) is 0 Å². The standard InChI is InChI=1S/CHO2.Al.Ni.3H/c2-1-3;;;;;/h(H,2,3);;;;;/q-1;;;;;. The zero-order chi connectivity index (χ0) is 2.71. The van der Waals surface area contributed by atoms with Crippen molar-refractivity contribution in [1.29, 1.82) is 0 Å². The van der Waals surface area contributed by atoms with Crippen molar-refractivity contribution in [1.82, 2.24) is 0 Å². The smallest absolute Gasteiger partial charge is 0.187 e. The zero-order valence-corrected chi connectivity index (χ0v) is 2.66. The van der Waals surface area contributed by atoms with E-state index in [1.165, 1.54) is 0 Å². The van der Waals surface area contributed by atoms with Crippen molar-refractivity contribution in [3.05, 3.63) is 0 Å². The molecule has 0 aromatic heterocycles. The molecule has 0 unspecified atom stereocenters. The summed E-state index contributed by atoms with van der Waals surface area (Å²) in [4.78, 5) is 8.24. The fourth-order valence-corrected chi connectivity index (χ4v) is 0. The van der Waals surface area contributed by atoms with Crippen LogP contribution in [0.2, 0.25) is 0 Å². The molecule has 0 aromatic rings. The van der Waals surface area contributed by atoms with E-state index in [1.807, 2.05) is 0 Å². The average Bonchev–Trinajstić information content (AvgIpc) is 0.918. The monoisotopic (exact) mass is 133 g/mol. The molecule has 0 aliphatic rings. The van der Waals surface area contributed by atoms with Crippen LogP contribution in [0.5, 0.6) is 0 Å². The number of hydrogen-bond donors (Lipinski definition) is 1. The Bertz CT molecular complexity index is 17.1. The van der Waals surface area contributed by atoms with Crippen molar-refractivity contribution in [3.63, 3.8) is 0 Å². The normalized spacial score (nSPS) is 2.40. The van der Waals surface area contributed by atoms with Crippen LogP contribution in [-0.2, 0) is 21.3 Å². The van der Waals surface area contributed by atoms with Gasteiger partial charge in [-0.3, -0.25) is 0 Å². The molecule has 34 valence electrons. The van der Waals surface area contributed by atoms with E-state index in [0.717, 1.165) is 0 Å². The summed E-state index contributed by atoms with van der Waals surface area (Å²) in [6.07, 6.45) is 0. The maximum Gasteiger partial charge on any atom is 0.187 e. The molecule has 0 heterocycles. The van der Waals surface area contributed by atoms with E-state index >= 15 is 0 Å². The van der Waals surface area contributed by atoms with Crippen LogP contribution in [0.1, 0.15) is 0 Å². The van der Waals surface area contributed by atoms with E-state index < -0.39 is 0 Å². The predicted octanol–water partition coefficient (Wildman–Crippen LogP) is -1.57. The molecule has 0 rings (SSSR count). The van der Waals surface area contributed by atoms with Gasteiger partial charge in [0.25, 0.3) is 0 Å². The Balaban J connectivity index is -0.0000000200. The quantitative estimate of drug-likeness (QED) is 0.320. The van der Waals surface area contributed by atoms with Crippen molar-refractivity contribution in [3.8, 4) is 0 Å². The van der Waals surface area contributed by atoms with Gasteiger partial charge >= 0.3 is 0 Å². The van der Waals surface area contributed by atoms with Crippen LogP contribution in [-0.4, -0.2) is 28.9 Å². The molecular formula is CH4AlNiO2-. The van der Waals surface area contributed by atoms with E-state index in [-0.39, 0.29) is 33.9 Å². The van der Waals surface area contributed by atoms with Gasteiger partial charge in [-0.25, -0.2) is 0 Å². The third kappa shape index (κ3) is 114. The minimum absolute atomic E-state index is 0. The Hall–Kier alpha value is 0.496. The van der Waals surface area contributed by atoms with Gasteiger partial charge in [-0.1, -0.05) is 6.47 Å². The molecule has 0 amide bonds. The van der Waals surface area contributed by atoms with Gasteiger partial charge in [0.1, 0.15) is 0 Å². The molecular weight excluding hydrogens is 130 g/mol. The first kappa shape index (κ1) is 17.8. The van der Waals surface area contributed by atoms with Crippen molar-refractivity contribution >= 4 is 23.8 Å². The molecule has 5 heavy (non-hydrogen) atoms. The Morgan fingerprint density at radius 2 is 1.60 bits per heavy atom. The fourth-order valence-electron chi connectivity index (χ4n) is 0. The molecule has 0 bridgehead atoms. The summed E-state index contributed by atoms with van der Waals surface area (Å²) in [5, 5.41) is 6.76. The Labute approximate surface area is 50.6 Å². The predicted molar refractivity (Wildman–Crippen MR) is 18.3 cm³/mol. The largest absolute Gasteiger partial charge is 0.665 e. The molecule has 0 atom stereocenters. The molecule has 0 fully saturated rings. The Morgan fingerprint density at radius 1 is 1.60 bits per heavy atom. The van der Waals surface area contributed by atoms with Crippen molar-refractivity contribution in [2.75, 3.05) is 0 Å². The Kier molecular flexibility index (Phi) is 87.6. The second-order valence-corrected chi connectivity index (χ2v) is 0.0913. The summed E-state index contributed by atoms with van der Waals surface area (Å²) < 4.78 is 0. The molecule has 2 nitrogen and oxygen atoms in total. The second-order valence-electron chi connectivity index (χ2n) is 0.0913. The van der Waals surface area contributed by atoms with Crippen LogP contribution >= 0.6 is 0 Å². The first-order chi connectivity index (χ1) is 1.41. The molecule has 0 aliphatic heterocycles. The summed E-state index contributed by atoms with van der Waals surface area (Å²) in [5.74, 6) is 0. The third-order valence-electron chi connectivity index (χ3n) is 0. The second kappa shape index (κ2) is 24.6. The van der Waals surface area contributed by atoms with Gasteiger partial charge in [0, 0.05) is 16.5 Å². The minimum Gasteiger partial charge on any atom is -0.665 e. The maximum absolute atomic E-state index is 8.24. The first-order valence-corrected chi connectivity index (χ1v) is 0.428. The Morgan fingerprint density at radius 3 is 1.60 bits per heavy atom. The van der Waals surface area contributed by atoms with Crippen LogP contribution in [0.3, 0.4) is 0 Å². The number of aliphatic hydroxyl groups excluding tert-OH is 1. The maximum atomic E-state index is 8.24. The van der Waals surface area contributed by atoms with Gasteiger partial charge in [-0.15, -0.1) is 0 Å². The molecule has 1 N–H and O–H groups in total. The molecule has 0 spiro atoms. The van der Waals surface area contributed by atoms with Crippen LogP contribution in [0.15, 0.2) is 0 Å². The fraction of sp³-hybridized carbons (Fsp3) is 0. The van der Waals surface area contributed by atoms with Gasteiger partial charge in [0.15, 0.2) is 17.4 Å². The van der Waals surface area contributed by atoms with E-state index in [4.69, 9.17) is 9.90 Å². The minimum atomic E-state index is 0. The summed E-state index contributed by atoms with van der Waals surface area (Å²) in [5.41, 5.74) is 0. The summed E-state index contributed by atoms with van der Waals surface area (Å²) in [6.45, 7) is 0.500. The van der Waals surface area contributed by atoms with E-state index in [0.29, 0.717) is 6.47 Å². The van der Waals surface area contributed by atoms with Gasteiger partial charge in [-0.05, 0) is 0 Å². The average molecular weight is 134 g/mol. The first-order valence-electron chi connectivity index (χ1n) is 0.428. The summed E-state index contributed by atoms with van der Waals surface area (Å²) in [7, 11) is 0. The van der Waals surface area contributed by atoms with Crippen LogP contribution in [0.4, 0.5) is 0 Å². The molecule has 0 aromatic carbocycles. The van der Waals surface area contributed by atoms with E-state index in [1.54, 1.807) is 0 Å². The van der Waals surface area contributed by atoms with Crippen LogP contribution in [0.25, 0.3) is 0 Å². The van der Waals surface area contributed by atoms with Gasteiger partial charge < -0.3 is 9.90 Å². The zero-order valence-electron chi connectivity index (χ0n) is 1.67. The third-order valence-corrected chi connectivity index (χ3v) is 0. The van der Waals surface area contributed by atoms with Gasteiger partial charge in [0.05, 0.1) is 0 Å². The van der Waals surface area contributed by atoms with E-state index in [2.05, 4.69) is 0 Å². The van der Waals surface area contributed by atoms with Crippen molar-refractivity contribution in [2.45, 2.75) is 0 Å². The number of rotatable bonds is 0. The molecule has 0 saturated carbocycles. The van der Waals surface area contributed by atoms with Crippen molar-refractivity contribution < 1.29 is 26.4 Å². The van der Waals surface area contributed by atoms with E-state index in [9.17, 15) is 0 Å². The number of hydrogen-bond acceptors (Lipinski definition) is 1. The SMILES string of the molecule is O=[C-]O.[AlH3].[Ni]. The van der Waals surface area contributed by atoms with Crippen LogP contribution < -0.4 is 0 Å².